The molecule has 1 aliphatic rings. The average molecular weight is 252 g/mol. The maximum atomic E-state index is 6.19. The molecule has 1 fully saturated rings. The number of halogens is 1. The van der Waals surface area contributed by atoms with E-state index in [-0.39, 0.29) is 0 Å². The van der Waals surface area contributed by atoms with Gasteiger partial charge in [-0.05, 0) is 12.5 Å². The van der Waals surface area contributed by atoms with Crippen LogP contribution in [0.25, 0.3) is 0 Å². The summed E-state index contributed by atoms with van der Waals surface area (Å²) in [5.41, 5.74) is 1.11. The first-order valence-electron chi connectivity index (χ1n) is 5.99. The monoisotopic (exact) mass is 251 g/mol. The average Bonchev–Trinajstić information content (AvgIpc) is 2.38. The molecule has 0 radical (unpaired) electrons. The quantitative estimate of drug-likeness (QED) is 0.657. The minimum absolute atomic E-state index is 0.302. The van der Waals surface area contributed by atoms with Gasteiger partial charge in [-0.2, -0.15) is 0 Å². The van der Waals surface area contributed by atoms with Crippen LogP contribution >= 0.6 is 11.6 Å². The van der Waals surface area contributed by atoms with Crippen LogP contribution < -0.4 is 5.32 Å². The molecule has 0 amide bonds. The third-order valence-electron chi connectivity index (χ3n) is 3.13. The van der Waals surface area contributed by atoms with E-state index in [9.17, 15) is 0 Å². The maximum absolute atomic E-state index is 6.19. The normalized spacial score (nSPS) is 18.9. The predicted molar refractivity (Wildman–Crippen MR) is 71.2 cm³/mol. The van der Waals surface area contributed by atoms with Gasteiger partial charge in [0.1, 0.15) is 5.15 Å². The second kappa shape index (κ2) is 6.15. The summed E-state index contributed by atoms with van der Waals surface area (Å²) in [6, 6.07) is 4.31. The van der Waals surface area contributed by atoms with Crippen molar-refractivity contribution >= 4 is 11.6 Å². The number of piperazine rings is 1. The third-order valence-corrected chi connectivity index (χ3v) is 3.45. The predicted octanol–water partition coefficient (Wildman–Crippen LogP) is 2.26. The van der Waals surface area contributed by atoms with Gasteiger partial charge in [0.25, 0.3) is 0 Å². The fourth-order valence-electron chi connectivity index (χ4n) is 2.27. The molecule has 4 heteroatoms. The van der Waals surface area contributed by atoms with Crippen LogP contribution in [0.4, 0.5) is 0 Å². The molecule has 1 N–H and O–H groups in total. The van der Waals surface area contributed by atoms with E-state index in [0.29, 0.717) is 11.2 Å². The first-order valence-corrected chi connectivity index (χ1v) is 6.37. The Balaban J connectivity index is 2.21. The number of hydrogen-bond acceptors (Lipinski definition) is 3. The minimum atomic E-state index is 0.302. The van der Waals surface area contributed by atoms with Crippen LogP contribution in [0.3, 0.4) is 0 Å². The number of pyridine rings is 1. The lowest BCUT2D eigenvalue weighted by molar-refractivity contribution is 0.174. The molecule has 0 spiro atoms. The molecule has 0 bridgehead atoms. The summed E-state index contributed by atoms with van der Waals surface area (Å²) in [5.74, 6) is 0. The van der Waals surface area contributed by atoms with E-state index < -0.39 is 0 Å². The van der Waals surface area contributed by atoms with E-state index in [1.54, 1.807) is 6.20 Å². The summed E-state index contributed by atoms with van der Waals surface area (Å²) >= 11 is 6.19. The topological polar surface area (TPSA) is 28.2 Å². The van der Waals surface area contributed by atoms with Crippen LogP contribution in [0, 0.1) is 0 Å². The Morgan fingerprint density at radius 2 is 2.29 bits per heavy atom. The molecule has 1 saturated heterocycles. The van der Waals surface area contributed by atoms with Crippen molar-refractivity contribution in [3.63, 3.8) is 0 Å². The Bertz CT molecular complexity index is 375. The van der Waals surface area contributed by atoms with E-state index in [1.165, 1.54) is 0 Å². The standard InChI is InChI=1S/C13H18ClN3/c1-2-4-12(17-9-7-15-8-10-17)11-5-3-6-16-13(11)14/h2-3,5-6,12,15H,1,4,7-10H2/t12-/m0/s1. The fraction of sp³-hybridized carbons (Fsp3) is 0.462. The first kappa shape index (κ1) is 12.6. The summed E-state index contributed by atoms with van der Waals surface area (Å²) in [4.78, 5) is 6.61. The van der Waals surface area contributed by atoms with Crippen LogP contribution in [0.5, 0.6) is 0 Å². The van der Waals surface area contributed by atoms with Crippen molar-refractivity contribution in [2.24, 2.45) is 0 Å². The third kappa shape index (κ3) is 3.06. The Morgan fingerprint density at radius 3 is 2.94 bits per heavy atom. The zero-order valence-electron chi connectivity index (χ0n) is 9.90. The first-order chi connectivity index (χ1) is 8.33. The van der Waals surface area contributed by atoms with Gasteiger partial charge in [-0.15, -0.1) is 6.58 Å². The molecule has 92 valence electrons. The summed E-state index contributed by atoms with van der Waals surface area (Å²) in [7, 11) is 0. The zero-order valence-corrected chi connectivity index (χ0v) is 10.7. The van der Waals surface area contributed by atoms with E-state index in [1.807, 2.05) is 12.1 Å². The van der Waals surface area contributed by atoms with Crippen molar-refractivity contribution in [1.82, 2.24) is 15.2 Å². The zero-order chi connectivity index (χ0) is 12.1. The Labute approximate surface area is 107 Å². The molecular weight excluding hydrogens is 234 g/mol. The van der Waals surface area contributed by atoms with Gasteiger partial charge in [-0.25, -0.2) is 4.98 Å². The number of nitrogens with one attached hydrogen (secondary N) is 1. The van der Waals surface area contributed by atoms with Crippen molar-refractivity contribution in [2.75, 3.05) is 26.2 Å². The molecule has 1 aromatic rings. The molecule has 17 heavy (non-hydrogen) atoms. The molecule has 1 aromatic heterocycles. The van der Waals surface area contributed by atoms with Crippen LogP contribution in [0.2, 0.25) is 5.15 Å². The van der Waals surface area contributed by atoms with Gasteiger partial charge in [0, 0.05) is 44.0 Å². The highest BCUT2D eigenvalue weighted by atomic mass is 35.5. The molecule has 0 aliphatic carbocycles. The fourth-order valence-corrected chi connectivity index (χ4v) is 2.52. The Hall–Kier alpha value is -0.900. The lowest BCUT2D eigenvalue weighted by Gasteiger charge is -2.34. The maximum Gasteiger partial charge on any atom is 0.133 e. The summed E-state index contributed by atoms with van der Waals surface area (Å²) in [5, 5.41) is 3.97. The van der Waals surface area contributed by atoms with Crippen LogP contribution in [0.15, 0.2) is 31.0 Å². The molecule has 0 unspecified atom stereocenters. The largest absolute Gasteiger partial charge is 0.314 e. The van der Waals surface area contributed by atoms with Crippen molar-refractivity contribution in [3.05, 3.63) is 41.7 Å². The summed E-state index contributed by atoms with van der Waals surface area (Å²) in [6.07, 6.45) is 4.59. The van der Waals surface area contributed by atoms with E-state index >= 15 is 0 Å². The van der Waals surface area contributed by atoms with Gasteiger partial charge in [-0.1, -0.05) is 23.7 Å². The van der Waals surface area contributed by atoms with Crippen molar-refractivity contribution < 1.29 is 0 Å². The number of hydrogen-bond donors (Lipinski definition) is 1. The number of aromatic nitrogens is 1. The molecule has 1 aliphatic heterocycles. The summed E-state index contributed by atoms with van der Waals surface area (Å²) < 4.78 is 0. The second-order valence-electron chi connectivity index (χ2n) is 4.21. The van der Waals surface area contributed by atoms with E-state index in [2.05, 4.69) is 27.8 Å². The second-order valence-corrected chi connectivity index (χ2v) is 4.57. The van der Waals surface area contributed by atoms with Crippen LogP contribution in [-0.2, 0) is 0 Å². The smallest absolute Gasteiger partial charge is 0.133 e. The van der Waals surface area contributed by atoms with Gasteiger partial charge >= 0.3 is 0 Å². The molecule has 3 nitrogen and oxygen atoms in total. The van der Waals surface area contributed by atoms with Gasteiger partial charge in [0.05, 0.1) is 0 Å². The Morgan fingerprint density at radius 1 is 1.53 bits per heavy atom. The summed E-state index contributed by atoms with van der Waals surface area (Å²) in [6.45, 7) is 8.00. The molecular formula is C13H18ClN3. The highest BCUT2D eigenvalue weighted by Gasteiger charge is 2.22. The molecule has 0 saturated carbocycles. The van der Waals surface area contributed by atoms with E-state index in [0.717, 1.165) is 38.2 Å². The number of nitrogens with zero attached hydrogens (tertiary/aromatic N) is 2. The van der Waals surface area contributed by atoms with Gasteiger partial charge in [-0.3, -0.25) is 4.90 Å². The highest BCUT2D eigenvalue weighted by molar-refractivity contribution is 6.30. The molecule has 1 atom stereocenters. The molecule has 2 rings (SSSR count). The van der Waals surface area contributed by atoms with Gasteiger partial charge in [0.2, 0.25) is 0 Å². The van der Waals surface area contributed by atoms with Crippen LogP contribution in [-0.4, -0.2) is 36.1 Å². The minimum Gasteiger partial charge on any atom is -0.314 e. The van der Waals surface area contributed by atoms with Crippen molar-refractivity contribution in [1.29, 1.82) is 0 Å². The van der Waals surface area contributed by atoms with Crippen LogP contribution in [0.1, 0.15) is 18.0 Å². The van der Waals surface area contributed by atoms with Gasteiger partial charge in [0.15, 0.2) is 0 Å². The highest BCUT2D eigenvalue weighted by Crippen LogP contribution is 2.29. The van der Waals surface area contributed by atoms with Crippen molar-refractivity contribution in [3.8, 4) is 0 Å². The van der Waals surface area contributed by atoms with Gasteiger partial charge < -0.3 is 5.32 Å². The number of rotatable bonds is 4. The molecule has 0 aromatic carbocycles. The van der Waals surface area contributed by atoms with Crippen molar-refractivity contribution in [2.45, 2.75) is 12.5 Å². The van der Waals surface area contributed by atoms with E-state index in [4.69, 9.17) is 11.6 Å². The lowest BCUT2D eigenvalue weighted by Crippen LogP contribution is -2.45. The Kier molecular flexibility index (Phi) is 4.54. The lowest BCUT2D eigenvalue weighted by atomic mass is 10.0. The SMILES string of the molecule is C=CC[C@@H](c1cccnc1Cl)N1CCNCC1. The molecule has 2 heterocycles.